The third kappa shape index (κ3) is 8.83. The van der Waals surface area contributed by atoms with Crippen LogP contribution < -0.4 is 15.4 Å². The number of unbranched alkanes of at least 4 members (excludes halogenated alkanes) is 1. The fourth-order valence-corrected chi connectivity index (χ4v) is 3.67. The van der Waals surface area contributed by atoms with Crippen molar-refractivity contribution in [2.75, 3.05) is 33.9 Å². The van der Waals surface area contributed by atoms with Crippen molar-refractivity contribution in [1.29, 1.82) is 0 Å². The third-order valence-corrected chi connectivity index (χ3v) is 5.45. The minimum atomic E-state index is 0.649. The number of aliphatic imine (C=N–C) groups is 1. The summed E-state index contributed by atoms with van der Waals surface area (Å²) in [5.74, 6) is 1.73. The molecule has 160 valence electrons. The van der Waals surface area contributed by atoms with Crippen LogP contribution in [0.1, 0.15) is 41.1 Å². The van der Waals surface area contributed by atoms with Gasteiger partial charge in [-0.25, -0.2) is 4.98 Å². The smallest absolute Gasteiger partial charge is 0.191 e. The van der Waals surface area contributed by atoms with Crippen LogP contribution in [0.3, 0.4) is 0 Å². The van der Waals surface area contributed by atoms with Crippen molar-refractivity contribution < 1.29 is 9.47 Å². The summed E-state index contributed by atoms with van der Waals surface area (Å²) in [6, 6.07) is 6.30. The van der Waals surface area contributed by atoms with Crippen molar-refractivity contribution in [1.82, 2.24) is 15.6 Å². The Hall–Kier alpha value is -2.12. The first kappa shape index (κ1) is 23.2. The molecule has 1 aromatic carbocycles. The van der Waals surface area contributed by atoms with Crippen LogP contribution in [0.15, 0.2) is 28.6 Å². The van der Waals surface area contributed by atoms with Gasteiger partial charge in [-0.3, -0.25) is 4.99 Å². The molecule has 0 atom stereocenters. The summed E-state index contributed by atoms with van der Waals surface area (Å²) in [5.41, 5.74) is 3.43. The number of hydrogen-bond acceptors (Lipinski definition) is 5. The number of nitrogens with one attached hydrogen (secondary N) is 2. The first-order valence-electron chi connectivity index (χ1n) is 10.2. The van der Waals surface area contributed by atoms with E-state index in [0.717, 1.165) is 55.2 Å². The van der Waals surface area contributed by atoms with Crippen LogP contribution in [0.25, 0.3) is 0 Å². The molecule has 0 saturated carbocycles. The highest BCUT2D eigenvalue weighted by Crippen LogP contribution is 2.20. The average molecular weight is 419 g/mol. The summed E-state index contributed by atoms with van der Waals surface area (Å²) in [6.45, 7) is 7.03. The average Bonchev–Trinajstić information content (AvgIpc) is 3.13. The van der Waals surface area contributed by atoms with Gasteiger partial charge in [-0.2, -0.15) is 0 Å². The summed E-state index contributed by atoms with van der Waals surface area (Å²) in [6.07, 6.45) is 4.12. The Bertz CT molecular complexity index is 761. The monoisotopic (exact) mass is 418 g/mol. The number of rotatable bonds is 12. The zero-order valence-corrected chi connectivity index (χ0v) is 18.9. The van der Waals surface area contributed by atoms with Crippen LogP contribution in [-0.2, 0) is 17.7 Å². The Morgan fingerprint density at radius 2 is 2.00 bits per heavy atom. The molecule has 0 spiro atoms. The van der Waals surface area contributed by atoms with Gasteiger partial charge in [0.05, 0.1) is 11.6 Å². The predicted molar refractivity (Wildman–Crippen MR) is 121 cm³/mol. The number of aromatic nitrogens is 1. The van der Waals surface area contributed by atoms with E-state index in [1.165, 1.54) is 10.6 Å². The van der Waals surface area contributed by atoms with Gasteiger partial charge in [0.25, 0.3) is 0 Å². The van der Waals surface area contributed by atoms with Gasteiger partial charge in [-0.05, 0) is 44.7 Å². The van der Waals surface area contributed by atoms with Crippen molar-refractivity contribution >= 4 is 17.3 Å². The molecule has 1 heterocycles. The topological polar surface area (TPSA) is 67.8 Å². The van der Waals surface area contributed by atoms with Crippen molar-refractivity contribution in [2.45, 2.75) is 46.1 Å². The van der Waals surface area contributed by atoms with Crippen LogP contribution in [-0.4, -0.2) is 44.9 Å². The van der Waals surface area contributed by atoms with E-state index in [1.54, 1.807) is 25.5 Å². The zero-order valence-electron chi connectivity index (χ0n) is 18.1. The van der Waals surface area contributed by atoms with Gasteiger partial charge in [-0.1, -0.05) is 12.1 Å². The van der Waals surface area contributed by atoms with E-state index in [-0.39, 0.29) is 0 Å². The van der Waals surface area contributed by atoms with Gasteiger partial charge in [0.15, 0.2) is 5.96 Å². The molecule has 7 heteroatoms. The predicted octanol–water partition coefficient (Wildman–Crippen LogP) is 3.86. The zero-order chi connectivity index (χ0) is 20.9. The second-order valence-electron chi connectivity index (χ2n) is 7.00. The summed E-state index contributed by atoms with van der Waals surface area (Å²) >= 11 is 1.75. The molecule has 0 saturated heterocycles. The highest BCUT2D eigenvalue weighted by Gasteiger charge is 2.06. The molecular formula is C22H34N4O2S. The highest BCUT2D eigenvalue weighted by atomic mass is 32.1. The Morgan fingerprint density at radius 1 is 1.14 bits per heavy atom. The number of methoxy groups -OCH3 is 1. The molecule has 0 amide bonds. The fraction of sp³-hybridized carbons (Fsp3) is 0.545. The van der Waals surface area contributed by atoms with Crippen LogP contribution in [0.4, 0.5) is 0 Å². The maximum Gasteiger partial charge on any atom is 0.191 e. The lowest BCUT2D eigenvalue weighted by Crippen LogP contribution is -2.37. The minimum Gasteiger partial charge on any atom is -0.493 e. The molecule has 0 aliphatic heterocycles. The third-order valence-electron chi connectivity index (χ3n) is 4.42. The lowest BCUT2D eigenvalue weighted by molar-refractivity contribution is 0.172. The van der Waals surface area contributed by atoms with Gasteiger partial charge >= 0.3 is 0 Å². The minimum absolute atomic E-state index is 0.649. The van der Waals surface area contributed by atoms with Crippen molar-refractivity contribution in [3.8, 4) is 5.75 Å². The van der Waals surface area contributed by atoms with Gasteiger partial charge in [-0.15, -0.1) is 11.3 Å². The molecule has 0 unspecified atom stereocenters. The maximum absolute atomic E-state index is 5.96. The molecule has 29 heavy (non-hydrogen) atoms. The number of ether oxygens (including phenoxy) is 2. The second-order valence-corrected chi connectivity index (χ2v) is 7.94. The van der Waals surface area contributed by atoms with Gasteiger partial charge in [0.1, 0.15) is 5.75 Å². The molecule has 0 aliphatic carbocycles. The summed E-state index contributed by atoms with van der Waals surface area (Å²) in [5, 5.41) is 10.1. The molecule has 0 bridgehead atoms. The lowest BCUT2D eigenvalue weighted by atomic mass is 10.1. The van der Waals surface area contributed by atoms with E-state index in [2.05, 4.69) is 51.1 Å². The van der Waals surface area contributed by atoms with Crippen molar-refractivity contribution in [2.24, 2.45) is 4.99 Å². The molecule has 0 aliphatic rings. The molecule has 2 rings (SSSR count). The van der Waals surface area contributed by atoms with E-state index < -0.39 is 0 Å². The van der Waals surface area contributed by atoms with Crippen molar-refractivity contribution in [3.05, 3.63) is 45.4 Å². The number of thiazole rings is 1. The van der Waals surface area contributed by atoms with Crippen LogP contribution >= 0.6 is 11.3 Å². The fourth-order valence-electron chi connectivity index (χ4n) is 2.85. The summed E-state index contributed by atoms with van der Waals surface area (Å²) < 4.78 is 11.0. The van der Waals surface area contributed by atoms with Crippen LogP contribution in [0.5, 0.6) is 5.75 Å². The Balaban J connectivity index is 1.73. The molecule has 6 nitrogen and oxygen atoms in total. The van der Waals surface area contributed by atoms with Crippen LogP contribution in [0.2, 0.25) is 0 Å². The maximum atomic E-state index is 5.96. The van der Waals surface area contributed by atoms with Crippen LogP contribution in [0, 0.1) is 13.8 Å². The second kappa shape index (κ2) is 13.2. The Labute approximate surface area is 178 Å². The van der Waals surface area contributed by atoms with E-state index in [9.17, 15) is 0 Å². The molecule has 1 aromatic heterocycles. The molecule has 0 radical (unpaired) electrons. The number of benzene rings is 1. The van der Waals surface area contributed by atoms with E-state index in [1.807, 2.05) is 6.92 Å². The van der Waals surface area contributed by atoms with Gasteiger partial charge in [0.2, 0.25) is 0 Å². The normalized spacial score (nSPS) is 11.5. The first-order valence-corrected chi connectivity index (χ1v) is 11.1. The Morgan fingerprint density at radius 3 is 2.72 bits per heavy atom. The quantitative estimate of drug-likeness (QED) is 0.311. The number of guanidine groups is 1. The first-order chi connectivity index (χ1) is 14.1. The lowest BCUT2D eigenvalue weighted by Gasteiger charge is -2.15. The van der Waals surface area contributed by atoms with E-state index in [0.29, 0.717) is 19.8 Å². The number of hydrogen-bond donors (Lipinski definition) is 2. The number of aryl methyl sites for hydroxylation is 3. The number of nitrogens with zero attached hydrogens (tertiary/aromatic N) is 2. The SMILES string of the molecule is CN=C(NCCCCc1nc(C)cs1)NCc1ccc(C)cc1OCCCOC. The standard InChI is InChI=1S/C22H34N4O2S/c1-17-9-10-19(20(14-17)28-13-7-12-27-4)15-25-22(23-3)24-11-6-5-8-21-26-18(2)16-29-21/h9-10,14,16H,5-8,11-13,15H2,1-4H3,(H2,23,24,25). The summed E-state index contributed by atoms with van der Waals surface area (Å²) in [7, 11) is 3.51. The van der Waals surface area contributed by atoms with Crippen molar-refractivity contribution in [3.63, 3.8) is 0 Å². The largest absolute Gasteiger partial charge is 0.493 e. The van der Waals surface area contributed by atoms with E-state index in [4.69, 9.17) is 9.47 Å². The molecule has 0 fully saturated rings. The molecule has 2 aromatic rings. The van der Waals surface area contributed by atoms with E-state index >= 15 is 0 Å². The molecule has 2 N–H and O–H groups in total. The Kier molecular flexibility index (Phi) is 10.5. The summed E-state index contributed by atoms with van der Waals surface area (Å²) in [4.78, 5) is 8.83. The van der Waals surface area contributed by atoms with Gasteiger partial charge in [0, 0.05) is 56.9 Å². The highest BCUT2D eigenvalue weighted by molar-refractivity contribution is 7.09. The van der Waals surface area contributed by atoms with Gasteiger partial charge < -0.3 is 20.1 Å². The molecular weight excluding hydrogens is 384 g/mol.